The first-order valence-corrected chi connectivity index (χ1v) is 5.81. The molecule has 0 unspecified atom stereocenters. The summed E-state index contributed by atoms with van der Waals surface area (Å²) in [7, 11) is 1.79. The van der Waals surface area contributed by atoms with Crippen LogP contribution in [0, 0.1) is 0 Å². The number of fused-ring (bicyclic) bond motifs is 2. The molecule has 2 aromatic rings. The van der Waals surface area contributed by atoms with E-state index in [4.69, 9.17) is 5.73 Å². The van der Waals surface area contributed by atoms with Crippen LogP contribution in [0.4, 0.5) is 5.69 Å². The Hall–Kier alpha value is -2.63. The van der Waals surface area contributed by atoms with Crippen molar-refractivity contribution in [2.75, 3.05) is 5.32 Å². The van der Waals surface area contributed by atoms with Crippen molar-refractivity contribution in [3.8, 4) is 0 Å². The van der Waals surface area contributed by atoms with E-state index in [-0.39, 0.29) is 5.91 Å². The van der Waals surface area contributed by atoms with Crippen molar-refractivity contribution < 1.29 is 9.59 Å². The summed E-state index contributed by atoms with van der Waals surface area (Å²) < 4.78 is 1.67. The Morgan fingerprint density at radius 2 is 2.26 bits per heavy atom. The number of hydrogen-bond donors (Lipinski definition) is 2. The van der Waals surface area contributed by atoms with Crippen LogP contribution >= 0.6 is 0 Å². The maximum Gasteiger partial charge on any atom is 0.259 e. The largest absolute Gasteiger partial charge is 0.366 e. The molecule has 3 N–H and O–H groups in total. The summed E-state index contributed by atoms with van der Waals surface area (Å²) in [4.78, 5) is 23.3. The first-order chi connectivity index (χ1) is 9.06. The molecule has 96 valence electrons. The number of nitrogens with zero attached hydrogens (tertiary/aromatic N) is 2. The third-order valence-corrected chi connectivity index (χ3v) is 3.30. The Morgan fingerprint density at radius 3 is 3.00 bits per heavy atom. The van der Waals surface area contributed by atoms with Gasteiger partial charge < -0.3 is 11.1 Å². The highest BCUT2D eigenvalue weighted by Gasteiger charge is 2.22. The smallest absolute Gasteiger partial charge is 0.259 e. The first-order valence-electron chi connectivity index (χ1n) is 5.81. The van der Waals surface area contributed by atoms with Crippen molar-refractivity contribution in [2.24, 2.45) is 12.8 Å². The van der Waals surface area contributed by atoms with Gasteiger partial charge in [0.1, 0.15) is 0 Å². The molecule has 0 spiro atoms. The molecule has 19 heavy (non-hydrogen) atoms. The number of anilines is 1. The summed E-state index contributed by atoms with van der Waals surface area (Å²) in [5.74, 6) is -0.669. The third kappa shape index (κ3) is 1.77. The Bertz CT molecular complexity index is 703. The lowest BCUT2D eigenvalue weighted by Crippen LogP contribution is -2.13. The monoisotopic (exact) mass is 256 g/mol. The van der Waals surface area contributed by atoms with E-state index in [1.807, 2.05) is 0 Å². The van der Waals surface area contributed by atoms with Gasteiger partial charge in [0.25, 0.3) is 5.91 Å². The van der Waals surface area contributed by atoms with E-state index >= 15 is 0 Å². The van der Waals surface area contributed by atoms with Crippen molar-refractivity contribution in [3.63, 3.8) is 0 Å². The molecule has 0 aliphatic carbocycles. The Labute approximate surface area is 109 Å². The van der Waals surface area contributed by atoms with Gasteiger partial charge >= 0.3 is 0 Å². The van der Waals surface area contributed by atoms with Crippen molar-refractivity contribution in [1.82, 2.24) is 9.78 Å². The van der Waals surface area contributed by atoms with Gasteiger partial charge in [-0.1, -0.05) is 0 Å². The molecule has 1 aliphatic rings. The number of benzene rings is 1. The third-order valence-electron chi connectivity index (χ3n) is 3.30. The maximum absolute atomic E-state index is 12.0. The molecule has 1 aromatic heterocycles. The molecule has 0 bridgehead atoms. The zero-order valence-corrected chi connectivity index (χ0v) is 10.3. The quantitative estimate of drug-likeness (QED) is 0.786. The number of nitrogens with one attached hydrogen (secondary N) is 1. The fourth-order valence-corrected chi connectivity index (χ4v) is 2.25. The van der Waals surface area contributed by atoms with Gasteiger partial charge in [0.05, 0.1) is 17.5 Å². The van der Waals surface area contributed by atoms with Crippen LogP contribution in [0.5, 0.6) is 0 Å². The number of rotatable bonds is 1. The van der Waals surface area contributed by atoms with Gasteiger partial charge in [-0.2, -0.15) is 5.10 Å². The standard InChI is InChI=1S/C13H12N4O2/c1-17-11-5-8-4-7(12(14)18)2-3-10(8)16-13(19)9(11)6-15-17/h2-4,6H,5H2,1H3,(H2,14,18)(H,16,19). The summed E-state index contributed by atoms with van der Waals surface area (Å²) in [5, 5.41) is 6.90. The Balaban J connectivity index is 2.15. The van der Waals surface area contributed by atoms with Crippen LogP contribution in [0.2, 0.25) is 0 Å². The van der Waals surface area contributed by atoms with Crippen LogP contribution in [0.3, 0.4) is 0 Å². The number of hydrogen-bond acceptors (Lipinski definition) is 3. The van der Waals surface area contributed by atoms with Crippen molar-refractivity contribution in [3.05, 3.63) is 46.8 Å². The van der Waals surface area contributed by atoms with Crippen molar-refractivity contribution >= 4 is 17.5 Å². The second-order valence-corrected chi connectivity index (χ2v) is 4.50. The summed E-state index contributed by atoms with van der Waals surface area (Å²) in [6, 6.07) is 5.02. The summed E-state index contributed by atoms with van der Waals surface area (Å²) in [6.07, 6.45) is 2.08. The fourth-order valence-electron chi connectivity index (χ4n) is 2.25. The van der Waals surface area contributed by atoms with Gasteiger partial charge in [0.15, 0.2) is 0 Å². The predicted molar refractivity (Wildman–Crippen MR) is 68.9 cm³/mol. The second-order valence-electron chi connectivity index (χ2n) is 4.50. The Morgan fingerprint density at radius 1 is 1.47 bits per heavy atom. The van der Waals surface area contributed by atoms with Crippen molar-refractivity contribution in [2.45, 2.75) is 6.42 Å². The molecule has 3 rings (SSSR count). The van der Waals surface area contributed by atoms with E-state index < -0.39 is 5.91 Å². The average molecular weight is 256 g/mol. The molecule has 6 heteroatoms. The number of nitrogens with two attached hydrogens (primary N) is 1. The highest BCUT2D eigenvalue weighted by atomic mass is 16.2. The van der Waals surface area contributed by atoms with Gasteiger partial charge in [0, 0.05) is 24.7 Å². The molecule has 0 radical (unpaired) electrons. The van der Waals surface area contributed by atoms with E-state index in [1.165, 1.54) is 0 Å². The average Bonchev–Trinajstić information content (AvgIpc) is 2.66. The van der Waals surface area contributed by atoms with Crippen LogP contribution in [0.25, 0.3) is 0 Å². The van der Waals surface area contributed by atoms with Gasteiger partial charge in [-0.15, -0.1) is 0 Å². The summed E-state index contributed by atoms with van der Waals surface area (Å²) in [6.45, 7) is 0. The van der Waals surface area contributed by atoms with Crippen LogP contribution in [0.15, 0.2) is 24.4 Å². The molecule has 0 saturated heterocycles. The lowest BCUT2D eigenvalue weighted by molar-refractivity contribution is 0.0998. The van der Waals surface area contributed by atoms with Crippen LogP contribution in [0.1, 0.15) is 32.0 Å². The second kappa shape index (κ2) is 3.94. The number of amides is 2. The van der Waals surface area contributed by atoms with E-state index in [2.05, 4.69) is 10.4 Å². The fraction of sp³-hybridized carbons (Fsp3) is 0.154. The minimum Gasteiger partial charge on any atom is -0.366 e. The van der Waals surface area contributed by atoms with Gasteiger partial charge in [-0.25, -0.2) is 0 Å². The van der Waals surface area contributed by atoms with Gasteiger partial charge in [0.2, 0.25) is 5.91 Å². The number of aryl methyl sites for hydroxylation is 1. The molecular weight excluding hydrogens is 244 g/mol. The minimum absolute atomic E-state index is 0.186. The number of carbonyl (C=O) groups excluding carboxylic acids is 2. The highest BCUT2D eigenvalue weighted by molar-refractivity contribution is 6.06. The van der Waals surface area contributed by atoms with Crippen molar-refractivity contribution in [1.29, 1.82) is 0 Å². The van der Waals surface area contributed by atoms with Gasteiger partial charge in [-0.3, -0.25) is 14.3 Å². The van der Waals surface area contributed by atoms with Crippen LogP contribution in [-0.2, 0) is 13.5 Å². The van der Waals surface area contributed by atoms with E-state index in [0.29, 0.717) is 23.2 Å². The zero-order chi connectivity index (χ0) is 13.6. The molecule has 0 atom stereocenters. The molecule has 1 aliphatic heterocycles. The molecule has 0 fully saturated rings. The van der Waals surface area contributed by atoms with Crippen LogP contribution in [-0.4, -0.2) is 21.6 Å². The minimum atomic E-state index is -0.483. The predicted octanol–water partition coefficient (Wildman–Crippen LogP) is 0.675. The topological polar surface area (TPSA) is 90.0 Å². The first kappa shape index (κ1) is 11.5. The molecule has 2 amide bonds. The van der Waals surface area contributed by atoms with Crippen LogP contribution < -0.4 is 11.1 Å². The van der Waals surface area contributed by atoms with E-state index in [1.54, 1.807) is 36.1 Å². The molecular formula is C13H12N4O2. The molecule has 6 nitrogen and oxygen atoms in total. The lowest BCUT2D eigenvalue weighted by atomic mass is 10.0. The number of carbonyl (C=O) groups is 2. The van der Waals surface area contributed by atoms with Gasteiger partial charge in [-0.05, 0) is 23.8 Å². The normalized spacial score (nSPS) is 13.2. The summed E-state index contributed by atoms with van der Waals surface area (Å²) in [5.41, 5.74) is 8.63. The Kier molecular flexibility index (Phi) is 2.38. The zero-order valence-electron chi connectivity index (χ0n) is 10.3. The van der Waals surface area contributed by atoms with E-state index in [0.717, 1.165) is 11.3 Å². The van der Waals surface area contributed by atoms with E-state index in [9.17, 15) is 9.59 Å². The summed E-state index contributed by atoms with van der Waals surface area (Å²) >= 11 is 0. The number of aromatic nitrogens is 2. The molecule has 0 saturated carbocycles. The molecule has 2 heterocycles. The lowest BCUT2D eigenvalue weighted by Gasteiger charge is -2.08. The number of primary amides is 1. The SMILES string of the molecule is Cn1ncc2c1Cc1cc(C(N)=O)ccc1NC2=O. The highest BCUT2D eigenvalue weighted by Crippen LogP contribution is 2.26. The maximum atomic E-state index is 12.0. The molecule has 1 aromatic carbocycles.